The van der Waals surface area contributed by atoms with Crippen LogP contribution >= 0.6 is 0 Å². The van der Waals surface area contributed by atoms with Crippen molar-refractivity contribution in [1.82, 2.24) is 10.2 Å². The zero-order valence-corrected chi connectivity index (χ0v) is 9.20. The molecule has 0 bridgehead atoms. The highest BCUT2D eigenvalue weighted by Gasteiger charge is 2.17. The molecule has 5 heteroatoms. The van der Waals surface area contributed by atoms with Crippen LogP contribution in [0.1, 0.15) is 13.8 Å². The monoisotopic (exact) mass is 201 g/mol. The van der Waals surface area contributed by atoms with Gasteiger partial charge in [-0.15, -0.1) is 0 Å². The van der Waals surface area contributed by atoms with Crippen molar-refractivity contribution in [2.24, 2.45) is 11.7 Å². The van der Waals surface area contributed by atoms with Crippen LogP contribution in [0, 0.1) is 5.92 Å². The third-order valence-electron chi connectivity index (χ3n) is 1.93. The Hall–Kier alpha value is -1.10. The third-order valence-corrected chi connectivity index (χ3v) is 1.93. The summed E-state index contributed by atoms with van der Waals surface area (Å²) in [4.78, 5) is 23.8. The van der Waals surface area contributed by atoms with Gasteiger partial charge in [-0.05, 0) is 5.92 Å². The number of nitrogens with zero attached hydrogens (tertiary/aromatic N) is 1. The van der Waals surface area contributed by atoms with E-state index in [0.29, 0.717) is 0 Å². The summed E-state index contributed by atoms with van der Waals surface area (Å²) in [6.07, 6.45) is 0. The third kappa shape index (κ3) is 4.23. The molecule has 1 atom stereocenters. The summed E-state index contributed by atoms with van der Waals surface area (Å²) in [7, 11) is 3.27. The van der Waals surface area contributed by atoms with E-state index in [4.69, 9.17) is 5.73 Å². The number of rotatable bonds is 4. The first-order valence-corrected chi connectivity index (χ1v) is 4.59. The smallest absolute Gasteiger partial charge is 0.241 e. The number of hydrogen-bond donors (Lipinski definition) is 2. The van der Waals surface area contributed by atoms with E-state index in [1.807, 2.05) is 13.8 Å². The van der Waals surface area contributed by atoms with Crippen molar-refractivity contribution in [3.05, 3.63) is 0 Å². The fourth-order valence-electron chi connectivity index (χ4n) is 0.741. The van der Waals surface area contributed by atoms with Crippen molar-refractivity contribution in [2.45, 2.75) is 19.9 Å². The van der Waals surface area contributed by atoms with E-state index in [9.17, 15) is 9.59 Å². The molecule has 0 saturated heterocycles. The summed E-state index contributed by atoms with van der Waals surface area (Å²) in [5.74, 6) is -0.353. The van der Waals surface area contributed by atoms with Crippen LogP contribution in [0.15, 0.2) is 0 Å². The van der Waals surface area contributed by atoms with Crippen molar-refractivity contribution in [1.29, 1.82) is 0 Å². The maximum absolute atomic E-state index is 11.3. The van der Waals surface area contributed by atoms with E-state index in [0.717, 1.165) is 0 Å². The van der Waals surface area contributed by atoms with E-state index in [-0.39, 0.29) is 24.3 Å². The average molecular weight is 201 g/mol. The number of carbonyl (C=O) groups is 2. The molecule has 0 radical (unpaired) electrons. The minimum atomic E-state index is -0.551. The van der Waals surface area contributed by atoms with Gasteiger partial charge in [0.1, 0.15) is 0 Å². The Kier molecular flexibility index (Phi) is 5.15. The molecule has 2 amide bonds. The van der Waals surface area contributed by atoms with Gasteiger partial charge in [0.25, 0.3) is 0 Å². The first kappa shape index (κ1) is 12.9. The normalized spacial score (nSPS) is 12.4. The van der Waals surface area contributed by atoms with Gasteiger partial charge in [-0.2, -0.15) is 0 Å². The van der Waals surface area contributed by atoms with Crippen LogP contribution in [-0.4, -0.2) is 43.4 Å². The summed E-state index contributed by atoms with van der Waals surface area (Å²) < 4.78 is 0. The Morgan fingerprint density at radius 2 is 1.86 bits per heavy atom. The number of carbonyl (C=O) groups excluding carboxylic acids is 2. The predicted molar refractivity (Wildman–Crippen MR) is 54.5 cm³/mol. The van der Waals surface area contributed by atoms with E-state index in [2.05, 4.69) is 5.32 Å². The van der Waals surface area contributed by atoms with Crippen molar-refractivity contribution < 1.29 is 9.59 Å². The van der Waals surface area contributed by atoms with Crippen LogP contribution in [0.3, 0.4) is 0 Å². The highest BCUT2D eigenvalue weighted by Crippen LogP contribution is 1.97. The Morgan fingerprint density at radius 3 is 2.21 bits per heavy atom. The number of amides is 2. The lowest BCUT2D eigenvalue weighted by molar-refractivity contribution is -0.131. The molecular formula is C9H19N3O2. The van der Waals surface area contributed by atoms with Crippen molar-refractivity contribution >= 4 is 11.8 Å². The lowest BCUT2D eigenvalue weighted by Gasteiger charge is -2.16. The largest absolute Gasteiger partial charge is 0.347 e. The summed E-state index contributed by atoms with van der Waals surface area (Å²) >= 11 is 0. The summed E-state index contributed by atoms with van der Waals surface area (Å²) in [5, 5.41) is 2.49. The van der Waals surface area contributed by atoms with Crippen molar-refractivity contribution in [2.75, 3.05) is 20.6 Å². The molecule has 0 aromatic heterocycles. The molecule has 1 unspecified atom stereocenters. The fraction of sp³-hybridized carbons (Fsp3) is 0.778. The molecule has 14 heavy (non-hydrogen) atoms. The van der Waals surface area contributed by atoms with E-state index < -0.39 is 6.04 Å². The number of nitrogens with two attached hydrogens (primary N) is 1. The molecule has 5 nitrogen and oxygen atoms in total. The van der Waals surface area contributed by atoms with Crippen LogP contribution in [0.25, 0.3) is 0 Å². The van der Waals surface area contributed by atoms with Crippen LogP contribution < -0.4 is 11.1 Å². The molecule has 0 spiro atoms. The van der Waals surface area contributed by atoms with Crippen LogP contribution in [0.5, 0.6) is 0 Å². The first-order valence-electron chi connectivity index (χ1n) is 4.59. The number of likely N-dealkylation sites (N-methyl/N-ethyl adjacent to an activating group) is 1. The van der Waals surface area contributed by atoms with Crippen LogP contribution in [-0.2, 0) is 9.59 Å². The minimum Gasteiger partial charge on any atom is -0.347 e. The molecule has 0 saturated carbocycles. The summed E-state index contributed by atoms with van der Waals surface area (Å²) in [6.45, 7) is 3.72. The van der Waals surface area contributed by atoms with Gasteiger partial charge in [-0.1, -0.05) is 13.8 Å². The molecule has 0 rings (SSSR count). The summed E-state index contributed by atoms with van der Waals surface area (Å²) in [5.41, 5.74) is 5.59. The van der Waals surface area contributed by atoms with Gasteiger partial charge in [0.2, 0.25) is 11.8 Å². The van der Waals surface area contributed by atoms with Gasteiger partial charge >= 0.3 is 0 Å². The number of nitrogens with one attached hydrogen (secondary N) is 1. The predicted octanol–water partition coefficient (Wildman–Crippen LogP) is -0.826. The van der Waals surface area contributed by atoms with Gasteiger partial charge in [-0.25, -0.2) is 0 Å². The second kappa shape index (κ2) is 5.59. The molecule has 0 aliphatic carbocycles. The van der Waals surface area contributed by atoms with Gasteiger partial charge in [0.05, 0.1) is 12.6 Å². The van der Waals surface area contributed by atoms with Crippen molar-refractivity contribution in [3.8, 4) is 0 Å². The van der Waals surface area contributed by atoms with Gasteiger partial charge < -0.3 is 16.0 Å². The molecule has 0 aliphatic rings. The topological polar surface area (TPSA) is 75.4 Å². The molecular weight excluding hydrogens is 182 g/mol. The Bertz CT molecular complexity index is 214. The molecule has 0 aromatic rings. The van der Waals surface area contributed by atoms with E-state index in [1.54, 1.807) is 14.1 Å². The maximum Gasteiger partial charge on any atom is 0.241 e. The highest BCUT2D eigenvalue weighted by molar-refractivity contribution is 5.87. The van der Waals surface area contributed by atoms with Crippen LogP contribution in [0.2, 0.25) is 0 Å². The zero-order valence-electron chi connectivity index (χ0n) is 9.20. The summed E-state index contributed by atoms with van der Waals surface area (Å²) in [6, 6.07) is -0.551. The second-order valence-electron chi connectivity index (χ2n) is 3.78. The fourth-order valence-corrected chi connectivity index (χ4v) is 0.741. The lowest BCUT2D eigenvalue weighted by atomic mass is 10.1. The average Bonchev–Trinajstić information content (AvgIpc) is 2.11. The van der Waals surface area contributed by atoms with Gasteiger partial charge in [0.15, 0.2) is 0 Å². The van der Waals surface area contributed by atoms with Gasteiger partial charge in [-0.3, -0.25) is 9.59 Å². The Labute approximate surface area is 84.6 Å². The molecule has 3 N–H and O–H groups in total. The van der Waals surface area contributed by atoms with E-state index >= 15 is 0 Å². The van der Waals surface area contributed by atoms with Crippen LogP contribution in [0.4, 0.5) is 0 Å². The van der Waals surface area contributed by atoms with E-state index in [1.165, 1.54) is 4.90 Å². The second-order valence-corrected chi connectivity index (χ2v) is 3.78. The SMILES string of the molecule is CC(C)C(N)C(=O)NCC(=O)N(C)C. The zero-order chi connectivity index (χ0) is 11.3. The standard InChI is InChI=1S/C9H19N3O2/c1-6(2)8(10)9(14)11-5-7(13)12(3)4/h6,8H,5,10H2,1-4H3,(H,11,14). The maximum atomic E-state index is 11.3. The Morgan fingerprint density at radius 1 is 1.36 bits per heavy atom. The lowest BCUT2D eigenvalue weighted by Crippen LogP contribution is -2.46. The van der Waals surface area contributed by atoms with Crippen molar-refractivity contribution in [3.63, 3.8) is 0 Å². The molecule has 0 aromatic carbocycles. The number of hydrogen-bond acceptors (Lipinski definition) is 3. The molecule has 0 heterocycles. The highest BCUT2D eigenvalue weighted by atomic mass is 16.2. The molecule has 0 aliphatic heterocycles. The quantitative estimate of drug-likeness (QED) is 0.623. The molecule has 82 valence electrons. The van der Waals surface area contributed by atoms with Gasteiger partial charge in [0, 0.05) is 14.1 Å². The first-order chi connectivity index (χ1) is 6.36. The minimum absolute atomic E-state index is 0.00620. The Balaban J connectivity index is 3.91. The molecule has 0 fully saturated rings.